The van der Waals surface area contributed by atoms with E-state index in [2.05, 4.69) is 10.3 Å². The van der Waals surface area contributed by atoms with Gasteiger partial charge in [-0.2, -0.15) is 0 Å². The van der Waals surface area contributed by atoms with Crippen LogP contribution in [0.25, 0.3) is 0 Å². The van der Waals surface area contributed by atoms with Crippen LogP contribution in [0, 0.1) is 0 Å². The van der Waals surface area contributed by atoms with E-state index in [-0.39, 0.29) is 17.7 Å². The molecule has 0 aliphatic carbocycles. The molecule has 3 amide bonds. The van der Waals surface area contributed by atoms with Gasteiger partial charge in [0.2, 0.25) is 0 Å². The van der Waals surface area contributed by atoms with Crippen LogP contribution in [-0.2, 0) is 6.54 Å². The maximum atomic E-state index is 12.3. The quantitative estimate of drug-likeness (QED) is 0.854. The van der Waals surface area contributed by atoms with E-state index in [1.807, 2.05) is 19.1 Å². The molecular weight excluding hydrogens is 306 g/mol. The summed E-state index contributed by atoms with van der Waals surface area (Å²) in [6.45, 7) is 2.58. The molecule has 1 aliphatic rings. The summed E-state index contributed by atoms with van der Waals surface area (Å²) in [5.41, 5.74) is 1.74. The highest BCUT2D eigenvalue weighted by atomic mass is 16.2. The minimum Gasteiger partial charge on any atom is -0.346 e. The van der Waals surface area contributed by atoms with Crippen molar-refractivity contribution in [1.82, 2.24) is 15.2 Å². The van der Waals surface area contributed by atoms with Crippen LogP contribution in [0.4, 0.5) is 0 Å². The van der Waals surface area contributed by atoms with Crippen molar-refractivity contribution in [2.24, 2.45) is 0 Å². The predicted octanol–water partition coefficient (Wildman–Crippen LogP) is 2.02. The molecule has 2 aromatic rings. The number of aromatic nitrogens is 1. The number of rotatable bonds is 5. The number of hydrogen-bond acceptors (Lipinski definition) is 4. The van der Waals surface area contributed by atoms with E-state index in [1.54, 1.807) is 24.4 Å². The van der Waals surface area contributed by atoms with Gasteiger partial charge in [0.1, 0.15) is 0 Å². The summed E-state index contributed by atoms with van der Waals surface area (Å²) >= 11 is 0. The number of benzene rings is 1. The van der Waals surface area contributed by atoms with E-state index in [1.165, 1.54) is 11.0 Å². The van der Waals surface area contributed by atoms with Crippen LogP contribution in [0.3, 0.4) is 0 Å². The molecule has 6 nitrogen and oxygen atoms in total. The molecule has 0 spiro atoms. The summed E-state index contributed by atoms with van der Waals surface area (Å²) in [4.78, 5) is 42.1. The molecule has 1 N–H and O–H groups in total. The summed E-state index contributed by atoms with van der Waals surface area (Å²) < 4.78 is 0. The molecular formula is C18H17N3O3. The number of nitrogens with one attached hydrogen (secondary N) is 1. The number of hydrogen-bond donors (Lipinski definition) is 1. The summed E-state index contributed by atoms with van der Waals surface area (Å²) in [5, 5.41) is 2.76. The van der Waals surface area contributed by atoms with Gasteiger partial charge in [0, 0.05) is 18.3 Å². The smallest absolute Gasteiger partial charge is 0.261 e. The van der Waals surface area contributed by atoms with Crippen molar-refractivity contribution in [1.29, 1.82) is 0 Å². The molecule has 0 atom stereocenters. The second kappa shape index (κ2) is 6.62. The summed E-state index contributed by atoms with van der Waals surface area (Å²) in [6.07, 6.45) is 2.35. The van der Waals surface area contributed by atoms with Gasteiger partial charge in [0.05, 0.1) is 23.4 Å². The van der Waals surface area contributed by atoms with Gasteiger partial charge in [-0.3, -0.25) is 24.3 Å². The van der Waals surface area contributed by atoms with Gasteiger partial charge >= 0.3 is 0 Å². The molecule has 0 saturated heterocycles. The monoisotopic (exact) mass is 323 g/mol. The zero-order chi connectivity index (χ0) is 17.1. The molecule has 6 heteroatoms. The fourth-order valence-electron chi connectivity index (χ4n) is 2.63. The number of imide groups is 1. The fraction of sp³-hybridized carbons (Fsp3) is 0.222. The van der Waals surface area contributed by atoms with Gasteiger partial charge < -0.3 is 5.32 Å². The average Bonchev–Trinajstić information content (AvgIpc) is 2.85. The molecule has 1 aromatic heterocycles. The molecule has 3 rings (SSSR count). The zero-order valence-electron chi connectivity index (χ0n) is 13.3. The van der Waals surface area contributed by atoms with E-state index < -0.39 is 0 Å². The number of amides is 3. The van der Waals surface area contributed by atoms with Gasteiger partial charge in [-0.1, -0.05) is 13.0 Å². The van der Waals surface area contributed by atoms with Crippen LogP contribution >= 0.6 is 0 Å². The van der Waals surface area contributed by atoms with Gasteiger partial charge in [-0.25, -0.2) is 0 Å². The van der Waals surface area contributed by atoms with Crippen molar-refractivity contribution >= 4 is 17.7 Å². The zero-order valence-corrected chi connectivity index (χ0v) is 13.3. The Kier molecular flexibility index (Phi) is 4.37. The highest BCUT2D eigenvalue weighted by molar-refractivity contribution is 6.22. The second-order valence-electron chi connectivity index (χ2n) is 5.53. The number of nitrogens with zero attached hydrogens (tertiary/aromatic N) is 2. The van der Waals surface area contributed by atoms with Crippen LogP contribution in [0.5, 0.6) is 0 Å². The SMILES string of the molecule is CCCN1C(=O)c2ccc(C(=O)NCc3ccccn3)cc2C1=O. The first-order valence-electron chi connectivity index (χ1n) is 7.80. The molecule has 0 unspecified atom stereocenters. The Morgan fingerprint density at radius 2 is 1.92 bits per heavy atom. The molecule has 0 radical (unpaired) electrons. The third-order valence-electron chi connectivity index (χ3n) is 3.84. The van der Waals surface area contributed by atoms with Crippen LogP contribution in [0.15, 0.2) is 42.6 Å². The van der Waals surface area contributed by atoms with Gasteiger partial charge in [-0.05, 0) is 36.8 Å². The summed E-state index contributed by atoms with van der Waals surface area (Å²) in [7, 11) is 0. The Hall–Kier alpha value is -3.02. The van der Waals surface area contributed by atoms with Crippen molar-refractivity contribution in [2.45, 2.75) is 19.9 Å². The number of pyridine rings is 1. The Bertz CT molecular complexity index is 802. The van der Waals surface area contributed by atoms with Gasteiger partial charge in [0.15, 0.2) is 0 Å². The molecule has 0 saturated carbocycles. The van der Waals surface area contributed by atoms with Crippen molar-refractivity contribution in [2.75, 3.05) is 6.54 Å². The maximum absolute atomic E-state index is 12.3. The Morgan fingerprint density at radius 3 is 2.62 bits per heavy atom. The minimum atomic E-state index is -0.337. The fourth-order valence-corrected chi connectivity index (χ4v) is 2.63. The van der Waals surface area contributed by atoms with E-state index >= 15 is 0 Å². The van der Waals surface area contributed by atoms with Crippen molar-refractivity contribution < 1.29 is 14.4 Å². The first-order chi connectivity index (χ1) is 11.6. The largest absolute Gasteiger partial charge is 0.346 e. The normalized spacial score (nSPS) is 13.1. The van der Waals surface area contributed by atoms with Crippen LogP contribution in [-0.4, -0.2) is 34.2 Å². The number of carbonyl (C=O) groups is 3. The topological polar surface area (TPSA) is 79.4 Å². The average molecular weight is 323 g/mol. The van der Waals surface area contributed by atoms with Crippen LogP contribution in [0.2, 0.25) is 0 Å². The molecule has 2 heterocycles. The molecule has 0 bridgehead atoms. The van der Waals surface area contributed by atoms with E-state index in [0.29, 0.717) is 36.2 Å². The van der Waals surface area contributed by atoms with Gasteiger partial charge in [-0.15, -0.1) is 0 Å². The van der Waals surface area contributed by atoms with Crippen molar-refractivity contribution in [3.8, 4) is 0 Å². The number of carbonyl (C=O) groups excluding carboxylic acids is 3. The van der Waals surface area contributed by atoms with Crippen LogP contribution in [0.1, 0.15) is 50.1 Å². The van der Waals surface area contributed by atoms with E-state index in [4.69, 9.17) is 0 Å². The first-order valence-corrected chi connectivity index (χ1v) is 7.80. The lowest BCUT2D eigenvalue weighted by Crippen LogP contribution is -2.30. The molecule has 122 valence electrons. The second-order valence-corrected chi connectivity index (χ2v) is 5.53. The standard InChI is InChI=1S/C18H17N3O3/c1-2-9-21-17(23)14-7-6-12(10-15(14)18(21)24)16(22)20-11-13-5-3-4-8-19-13/h3-8,10H,2,9,11H2,1H3,(H,20,22). The first kappa shape index (κ1) is 15.9. The van der Waals surface area contributed by atoms with Crippen molar-refractivity contribution in [3.63, 3.8) is 0 Å². The molecule has 1 aromatic carbocycles. The third-order valence-corrected chi connectivity index (χ3v) is 3.84. The Morgan fingerprint density at radius 1 is 1.12 bits per heavy atom. The Labute approximate surface area is 139 Å². The highest BCUT2D eigenvalue weighted by Crippen LogP contribution is 2.24. The highest BCUT2D eigenvalue weighted by Gasteiger charge is 2.35. The third kappa shape index (κ3) is 2.90. The van der Waals surface area contributed by atoms with Gasteiger partial charge in [0.25, 0.3) is 17.7 Å². The van der Waals surface area contributed by atoms with Crippen LogP contribution < -0.4 is 5.32 Å². The molecule has 1 aliphatic heterocycles. The summed E-state index contributed by atoms with van der Waals surface area (Å²) in [6, 6.07) is 10.0. The van der Waals surface area contributed by atoms with Crippen molar-refractivity contribution in [3.05, 3.63) is 65.0 Å². The lowest BCUT2D eigenvalue weighted by molar-refractivity contribution is 0.0654. The minimum absolute atomic E-state index is 0.291. The Balaban J connectivity index is 1.76. The lowest BCUT2D eigenvalue weighted by Gasteiger charge is -2.11. The lowest BCUT2D eigenvalue weighted by atomic mass is 10.1. The van der Waals surface area contributed by atoms with E-state index in [9.17, 15) is 14.4 Å². The predicted molar refractivity (Wildman–Crippen MR) is 87.5 cm³/mol. The molecule has 0 fully saturated rings. The maximum Gasteiger partial charge on any atom is 0.261 e. The summed E-state index contributed by atoms with van der Waals surface area (Å²) in [5.74, 6) is -0.939. The number of fused-ring (bicyclic) bond motifs is 1. The van der Waals surface area contributed by atoms with E-state index in [0.717, 1.165) is 5.69 Å². The molecule has 24 heavy (non-hydrogen) atoms.